The van der Waals surface area contributed by atoms with Gasteiger partial charge in [-0.1, -0.05) is 39.0 Å². The standard InChI is InChI=1S/C23H34O5/c1-5-20-27-13-23(4)18-9-6-14(2)16(22(18,3)11-10-19(23)28-20)8-7-15-17(24)12-26-21(15)25/h7,16-20,24H,2,5-6,8-13H2,1,3-4H3/b15-7+/t16-,17-,18+,19-,20?,22+,23+/m1/s1. The van der Waals surface area contributed by atoms with Gasteiger partial charge in [0.2, 0.25) is 0 Å². The second kappa shape index (κ2) is 7.26. The van der Waals surface area contributed by atoms with E-state index in [4.69, 9.17) is 14.2 Å². The Morgan fingerprint density at radius 2 is 2.07 bits per heavy atom. The van der Waals surface area contributed by atoms with E-state index in [0.717, 1.165) is 45.1 Å². The number of ether oxygens (including phenoxy) is 3. The SMILES string of the molecule is C=C1CC[C@@H]2[C@]3(C)COC(CC)O[C@@H]3CC[C@@]2(C)[C@@H]1C/C=C1/C(=O)OC[C@H]1O. The predicted molar refractivity (Wildman–Crippen MR) is 105 cm³/mol. The third-order valence-electron chi connectivity index (χ3n) is 8.09. The van der Waals surface area contributed by atoms with E-state index in [2.05, 4.69) is 27.4 Å². The summed E-state index contributed by atoms with van der Waals surface area (Å²) in [5.74, 6) is 0.401. The van der Waals surface area contributed by atoms with Gasteiger partial charge in [0.1, 0.15) is 12.7 Å². The fourth-order valence-electron chi connectivity index (χ4n) is 6.46. The Morgan fingerprint density at radius 3 is 2.75 bits per heavy atom. The van der Waals surface area contributed by atoms with Crippen LogP contribution in [-0.4, -0.2) is 42.8 Å². The van der Waals surface area contributed by atoms with E-state index in [1.807, 2.05) is 6.08 Å². The molecule has 4 fully saturated rings. The van der Waals surface area contributed by atoms with Gasteiger partial charge in [-0.05, 0) is 55.8 Å². The molecule has 5 nitrogen and oxygen atoms in total. The van der Waals surface area contributed by atoms with Gasteiger partial charge in [-0.2, -0.15) is 0 Å². The van der Waals surface area contributed by atoms with E-state index in [-0.39, 0.29) is 35.8 Å². The van der Waals surface area contributed by atoms with Gasteiger partial charge < -0.3 is 19.3 Å². The molecule has 1 unspecified atom stereocenters. The Balaban J connectivity index is 1.59. The van der Waals surface area contributed by atoms with Crippen LogP contribution in [0.1, 0.15) is 59.3 Å². The fourth-order valence-corrected chi connectivity index (χ4v) is 6.46. The first-order chi connectivity index (χ1) is 13.3. The number of esters is 1. The first-order valence-electron chi connectivity index (χ1n) is 10.8. The van der Waals surface area contributed by atoms with Crippen molar-refractivity contribution in [3.63, 3.8) is 0 Å². The average Bonchev–Trinajstić information content (AvgIpc) is 2.98. The summed E-state index contributed by atoms with van der Waals surface area (Å²) in [6.45, 7) is 12.1. The maximum atomic E-state index is 11.9. The number of aliphatic hydroxyl groups excluding tert-OH is 1. The van der Waals surface area contributed by atoms with E-state index in [0.29, 0.717) is 17.4 Å². The van der Waals surface area contributed by atoms with E-state index in [1.54, 1.807) is 0 Å². The van der Waals surface area contributed by atoms with Crippen LogP contribution >= 0.6 is 0 Å². The molecule has 0 amide bonds. The summed E-state index contributed by atoms with van der Waals surface area (Å²) in [5, 5.41) is 10.0. The van der Waals surface area contributed by atoms with Crippen LogP contribution in [0.2, 0.25) is 0 Å². The van der Waals surface area contributed by atoms with Gasteiger partial charge in [-0.15, -0.1) is 0 Å². The van der Waals surface area contributed by atoms with Crippen LogP contribution in [-0.2, 0) is 19.0 Å². The molecule has 156 valence electrons. The molecule has 2 aliphatic heterocycles. The molecular weight excluding hydrogens is 356 g/mol. The van der Waals surface area contributed by atoms with Crippen molar-refractivity contribution in [1.29, 1.82) is 0 Å². The molecule has 2 aliphatic carbocycles. The van der Waals surface area contributed by atoms with Crippen molar-refractivity contribution in [2.45, 2.75) is 77.8 Å². The van der Waals surface area contributed by atoms with E-state index in [9.17, 15) is 9.90 Å². The first-order valence-corrected chi connectivity index (χ1v) is 10.8. The Labute approximate surface area is 168 Å². The number of hydrogen-bond donors (Lipinski definition) is 1. The fraction of sp³-hybridized carbons (Fsp3) is 0.783. The lowest BCUT2D eigenvalue weighted by molar-refractivity contribution is -0.303. The largest absolute Gasteiger partial charge is 0.459 e. The minimum atomic E-state index is -0.799. The highest BCUT2D eigenvalue weighted by Gasteiger charge is 2.59. The molecule has 2 saturated carbocycles. The van der Waals surface area contributed by atoms with E-state index >= 15 is 0 Å². The summed E-state index contributed by atoms with van der Waals surface area (Å²) < 4.78 is 17.4. The summed E-state index contributed by atoms with van der Waals surface area (Å²) in [6.07, 6.45) is 7.14. The Bertz CT molecular complexity index is 684. The molecule has 0 bridgehead atoms. The van der Waals surface area contributed by atoms with Crippen molar-refractivity contribution in [2.75, 3.05) is 13.2 Å². The number of aliphatic hydroxyl groups is 1. The molecule has 0 aromatic rings. The van der Waals surface area contributed by atoms with Crippen molar-refractivity contribution in [1.82, 2.24) is 0 Å². The highest BCUT2D eigenvalue weighted by atomic mass is 16.7. The maximum Gasteiger partial charge on any atom is 0.336 e. The molecule has 28 heavy (non-hydrogen) atoms. The number of carbonyl (C=O) groups excluding carboxylic acids is 1. The Kier molecular flexibility index (Phi) is 5.22. The lowest BCUT2D eigenvalue weighted by Crippen LogP contribution is -2.61. The van der Waals surface area contributed by atoms with Gasteiger partial charge >= 0.3 is 5.97 Å². The van der Waals surface area contributed by atoms with Gasteiger partial charge in [-0.25, -0.2) is 4.79 Å². The molecule has 4 aliphatic rings. The van der Waals surface area contributed by atoms with Crippen LogP contribution < -0.4 is 0 Å². The summed E-state index contributed by atoms with van der Waals surface area (Å²) in [4.78, 5) is 11.9. The number of rotatable bonds is 3. The molecule has 0 spiro atoms. The lowest BCUT2D eigenvalue weighted by Gasteiger charge is -2.62. The smallest absolute Gasteiger partial charge is 0.336 e. The second-order valence-electron chi connectivity index (χ2n) is 9.64. The monoisotopic (exact) mass is 390 g/mol. The summed E-state index contributed by atoms with van der Waals surface area (Å²) in [6, 6.07) is 0. The number of fused-ring (bicyclic) bond motifs is 3. The topological polar surface area (TPSA) is 65.0 Å². The zero-order valence-electron chi connectivity index (χ0n) is 17.4. The van der Waals surface area contributed by atoms with Crippen molar-refractivity contribution in [3.8, 4) is 0 Å². The number of allylic oxidation sites excluding steroid dienone is 2. The molecular formula is C23H34O5. The average molecular weight is 391 g/mol. The molecule has 7 atom stereocenters. The van der Waals surface area contributed by atoms with Gasteiger partial charge in [0.15, 0.2) is 6.29 Å². The normalized spacial score (nSPS) is 47.6. The van der Waals surface area contributed by atoms with E-state index in [1.165, 1.54) is 5.57 Å². The third kappa shape index (κ3) is 3.06. The van der Waals surface area contributed by atoms with E-state index < -0.39 is 6.10 Å². The number of carbonyl (C=O) groups is 1. The van der Waals surface area contributed by atoms with Gasteiger partial charge in [0.25, 0.3) is 0 Å². The molecule has 5 heteroatoms. The Hall–Kier alpha value is -1.17. The zero-order chi connectivity index (χ0) is 20.1. The first kappa shape index (κ1) is 20.1. The van der Waals surface area contributed by atoms with Crippen LogP contribution in [0, 0.1) is 22.7 Å². The van der Waals surface area contributed by atoms with Crippen molar-refractivity contribution < 1.29 is 24.1 Å². The van der Waals surface area contributed by atoms with Crippen LogP contribution in [0.3, 0.4) is 0 Å². The molecule has 0 aromatic heterocycles. The summed E-state index contributed by atoms with van der Waals surface area (Å²) in [5.41, 5.74) is 1.78. The van der Waals surface area contributed by atoms with Gasteiger partial charge in [0.05, 0.1) is 18.3 Å². The lowest BCUT2D eigenvalue weighted by atomic mass is 9.46. The van der Waals surface area contributed by atoms with Crippen LogP contribution in [0.15, 0.2) is 23.8 Å². The molecule has 2 saturated heterocycles. The third-order valence-corrected chi connectivity index (χ3v) is 8.09. The molecule has 1 N–H and O–H groups in total. The van der Waals surface area contributed by atoms with Crippen LogP contribution in [0.4, 0.5) is 0 Å². The quantitative estimate of drug-likeness (QED) is 0.452. The van der Waals surface area contributed by atoms with Crippen molar-refractivity contribution in [2.24, 2.45) is 22.7 Å². The zero-order valence-corrected chi connectivity index (χ0v) is 17.4. The predicted octanol–water partition coefficient (Wildman–Crippen LogP) is 3.76. The summed E-state index contributed by atoms with van der Waals surface area (Å²) >= 11 is 0. The highest BCUT2D eigenvalue weighted by molar-refractivity contribution is 5.91. The second-order valence-corrected chi connectivity index (χ2v) is 9.64. The Morgan fingerprint density at radius 1 is 1.29 bits per heavy atom. The molecule has 0 radical (unpaired) electrons. The summed E-state index contributed by atoms with van der Waals surface area (Å²) in [7, 11) is 0. The molecule has 0 aromatic carbocycles. The minimum Gasteiger partial charge on any atom is -0.459 e. The number of hydrogen-bond acceptors (Lipinski definition) is 5. The highest BCUT2D eigenvalue weighted by Crippen LogP contribution is 2.63. The van der Waals surface area contributed by atoms with Gasteiger partial charge in [-0.3, -0.25) is 0 Å². The van der Waals surface area contributed by atoms with Crippen LogP contribution in [0.25, 0.3) is 0 Å². The number of cyclic esters (lactones) is 1. The van der Waals surface area contributed by atoms with Crippen molar-refractivity contribution >= 4 is 5.97 Å². The van der Waals surface area contributed by atoms with Crippen molar-refractivity contribution in [3.05, 3.63) is 23.8 Å². The van der Waals surface area contributed by atoms with Crippen LogP contribution in [0.5, 0.6) is 0 Å². The van der Waals surface area contributed by atoms with Gasteiger partial charge in [0, 0.05) is 5.41 Å². The molecule has 4 rings (SSSR count). The maximum absolute atomic E-state index is 11.9. The minimum absolute atomic E-state index is 0.0105. The molecule has 2 heterocycles.